The molecule has 1 saturated heterocycles. The van der Waals surface area contributed by atoms with Gasteiger partial charge in [0.1, 0.15) is 0 Å². The summed E-state index contributed by atoms with van der Waals surface area (Å²) in [4.78, 5) is 19.7. The second-order valence-electron chi connectivity index (χ2n) is 9.46. The van der Waals surface area contributed by atoms with E-state index in [0.29, 0.717) is 11.7 Å². The van der Waals surface area contributed by atoms with Gasteiger partial charge in [0, 0.05) is 22.9 Å². The molecule has 178 valence electrons. The Morgan fingerprint density at radius 1 is 1.09 bits per heavy atom. The Labute approximate surface area is 200 Å². The van der Waals surface area contributed by atoms with Crippen molar-refractivity contribution >= 4 is 22.6 Å². The summed E-state index contributed by atoms with van der Waals surface area (Å²) in [5.41, 5.74) is 2.97. The molecule has 3 atom stereocenters. The third-order valence-corrected chi connectivity index (χ3v) is 7.67. The number of hydrogen-bond acceptors (Lipinski definition) is 5. The molecule has 2 aliphatic rings. The number of anilines is 1. The number of rotatable bonds is 5. The Morgan fingerprint density at radius 3 is 2.74 bits per heavy atom. The van der Waals surface area contributed by atoms with Crippen LogP contribution < -0.4 is 20.1 Å². The van der Waals surface area contributed by atoms with E-state index in [0.717, 1.165) is 54.6 Å². The number of carbonyl (C=O) groups excluding carboxylic acids is 1. The molecule has 2 heterocycles. The van der Waals surface area contributed by atoms with Crippen LogP contribution in [0.2, 0.25) is 0 Å². The van der Waals surface area contributed by atoms with Crippen LogP contribution in [0.5, 0.6) is 11.5 Å². The molecule has 1 aliphatic heterocycles. The summed E-state index contributed by atoms with van der Waals surface area (Å²) >= 11 is 0. The first kappa shape index (κ1) is 22.5. The molecule has 0 radical (unpaired) electrons. The number of methoxy groups -OCH3 is 2. The van der Waals surface area contributed by atoms with Gasteiger partial charge in [0.2, 0.25) is 0 Å². The summed E-state index contributed by atoms with van der Waals surface area (Å²) in [6, 6.07) is 16.5. The van der Waals surface area contributed by atoms with E-state index < -0.39 is 0 Å². The van der Waals surface area contributed by atoms with Crippen molar-refractivity contribution in [1.29, 1.82) is 0 Å². The number of aromatic nitrogens is 1. The predicted molar refractivity (Wildman–Crippen MR) is 134 cm³/mol. The first-order valence-electron chi connectivity index (χ1n) is 11.9. The third-order valence-electron chi connectivity index (χ3n) is 7.67. The highest BCUT2D eigenvalue weighted by molar-refractivity contribution is 5.92. The number of nitrogens with one attached hydrogen (secondary N) is 2. The lowest BCUT2D eigenvalue weighted by Crippen LogP contribution is -2.52. The van der Waals surface area contributed by atoms with Crippen LogP contribution in [-0.4, -0.2) is 55.8 Å². The zero-order valence-electron chi connectivity index (χ0n) is 20.0. The van der Waals surface area contributed by atoms with Gasteiger partial charge in [0.05, 0.1) is 31.6 Å². The lowest BCUT2D eigenvalue weighted by Gasteiger charge is -2.45. The van der Waals surface area contributed by atoms with Gasteiger partial charge in [-0.2, -0.15) is 0 Å². The molecule has 5 rings (SSSR count). The largest absolute Gasteiger partial charge is 0.493 e. The third kappa shape index (κ3) is 4.05. The smallest absolute Gasteiger partial charge is 0.319 e. The highest BCUT2D eigenvalue weighted by Gasteiger charge is 2.50. The van der Waals surface area contributed by atoms with Crippen molar-refractivity contribution < 1.29 is 14.3 Å². The number of para-hydroxylation sites is 1. The van der Waals surface area contributed by atoms with Gasteiger partial charge in [0.25, 0.3) is 0 Å². The minimum absolute atomic E-state index is 0.0607. The van der Waals surface area contributed by atoms with Crippen LogP contribution in [0.25, 0.3) is 10.9 Å². The standard InChI is InChI=1S/C27H32N4O3/c1-31-13-12-27(19-8-9-23(33-2)24(15-19)34-3)11-10-20(16-25(27)31)29-26(32)30-21-14-18-6-4-5-7-22(18)28-17-21/h4-9,14-15,17,20,25H,10-13,16H2,1-3H3,(H2,29,30,32)/t20-,25+,27+/m1/s1. The van der Waals surface area contributed by atoms with E-state index in [1.807, 2.05) is 36.4 Å². The lowest BCUT2D eigenvalue weighted by atomic mass is 9.65. The van der Waals surface area contributed by atoms with Crippen molar-refractivity contribution in [2.24, 2.45) is 0 Å². The van der Waals surface area contributed by atoms with Crippen LogP contribution in [0.15, 0.2) is 54.7 Å². The first-order chi connectivity index (χ1) is 16.5. The van der Waals surface area contributed by atoms with Crippen molar-refractivity contribution in [3.8, 4) is 11.5 Å². The Morgan fingerprint density at radius 2 is 1.91 bits per heavy atom. The minimum Gasteiger partial charge on any atom is -0.493 e. The van der Waals surface area contributed by atoms with Gasteiger partial charge in [-0.15, -0.1) is 0 Å². The van der Waals surface area contributed by atoms with Gasteiger partial charge >= 0.3 is 6.03 Å². The van der Waals surface area contributed by atoms with Gasteiger partial charge < -0.3 is 25.0 Å². The second kappa shape index (κ2) is 9.14. The van der Waals surface area contributed by atoms with Crippen LogP contribution >= 0.6 is 0 Å². The molecule has 1 aliphatic carbocycles. The number of likely N-dealkylation sites (N-methyl/N-ethyl adjacent to an activating group) is 1. The maximum absolute atomic E-state index is 12.8. The summed E-state index contributed by atoms with van der Waals surface area (Å²) in [6.45, 7) is 1.04. The van der Waals surface area contributed by atoms with E-state index in [9.17, 15) is 4.79 Å². The molecular formula is C27H32N4O3. The molecule has 3 aromatic rings. The number of likely N-dealkylation sites (tertiary alicyclic amines) is 1. The van der Waals surface area contributed by atoms with E-state index >= 15 is 0 Å². The normalized spacial score (nSPS) is 24.4. The molecule has 0 unspecified atom stereocenters. The molecule has 0 bridgehead atoms. The average molecular weight is 461 g/mol. The Balaban J connectivity index is 1.29. The molecule has 2 amide bonds. The summed E-state index contributed by atoms with van der Waals surface area (Å²) in [5, 5.41) is 7.18. The maximum atomic E-state index is 12.8. The highest BCUT2D eigenvalue weighted by atomic mass is 16.5. The summed E-state index contributed by atoms with van der Waals surface area (Å²) in [6.07, 6.45) is 5.66. The summed E-state index contributed by atoms with van der Waals surface area (Å²) < 4.78 is 11.0. The Bertz CT molecular complexity index is 1200. The van der Waals surface area contributed by atoms with E-state index in [4.69, 9.17) is 9.47 Å². The van der Waals surface area contributed by atoms with Gasteiger partial charge in [-0.05, 0) is 69.1 Å². The SMILES string of the molecule is COc1ccc([C@@]23CC[C@@H](NC(=O)Nc4cnc5ccccc5c4)C[C@@H]2N(C)CC3)cc1OC. The van der Waals surface area contributed by atoms with Gasteiger partial charge in [0.15, 0.2) is 11.5 Å². The van der Waals surface area contributed by atoms with Crippen LogP contribution in [0.4, 0.5) is 10.5 Å². The average Bonchev–Trinajstić information content (AvgIpc) is 3.20. The maximum Gasteiger partial charge on any atom is 0.319 e. The van der Waals surface area contributed by atoms with Gasteiger partial charge in [-0.1, -0.05) is 24.3 Å². The summed E-state index contributed by atoms with van der Waals surface area (Å²) in [7, 11) is 5.54. The monoisotopic (exact) mass is 460 g/mol. The quantitative estimate of drug-likeness (QED) is 0.584. The first-order valence-corrected chi connectivity index (χ1v) is 11.9. The van der Waals surface area contributed by atoms with Crippen LogP contribution in [0, 0.1) is 0 Å². The number of amides is 2. The number of hydrogen-bond donors (Lipinski definition) is 2. The molecule has 2 fully saturated rings. The summed E-state index contributed by atoms with van der Waals surface area (Å²) in [5.74, 6) is 1.52. The second-order valence-corrected chi connectivity index (χ2v) is 9.46. The minimum atomic E-state index is -0.179. The van der Waals surface area contributed by atoms with Crippen LogP contribution in [0.3, 0.4) is 0 Å². The van der Waals surface area contributed by atoms with Gasteiger partial charge in [-0.25, -0.2) is 4.79 Å². The highest BCUT2D eigenvalue weighted by Crippen LogP contribution is 2.49. The number of fused-ring (bicyclic) bond motifs is 2. The molecule has 7 heteroatoms. The van der Waals surface area contributed by atoms with Crippen molar-refractivity contribution in [2.75, 3.05) is 33.1 Å². The topological polar surface area (TPSA) is 75.7 Å². The molecule has 34 heavy (non-hydrogen) atoms. The zero-order valence-corrected chi connectivity index (χ0v) is 20.0. The van der Waals surface area contributed by atoms with Crippen molar-refractivity contribution in [3.05, 3.63) is 60.3 Å². The fourth-order valence-corrected chi connectivity index (χ4v) is 5.89. The van der Waals surface area contributed by atoms with Crippen molar-refractivity contribution in [3.63, 3.8) is 0 Å². The Hall–Kier alpha value is -3.32. The molecule has 0 spiro atoms. The molecular weight excluding hydrogens is 428 g/mol. The Kier molecular flexibility index (Phi) is 6.04. The van der Waals surface area contributed by atoms with Gasteiger partial charge in [-0.3, -0.25) is 4.98 Å². The van der Waals surface area contributed by atoms with Crippen molar-refractivity contribution in [1.82, 2.24) is 15.2 Å². The van der Waals surface area contributed by atoms with Crippen molar-refractivity contribution in [2.45, 2.75) is 43.2 Å². The van der Waals surface area contributed by atoms with E-state index in [-0.39, 0.29) is 17.5 Å². The zero-order chi connectivity index (χ0) is 23.7. The molecule has 7 nitrogen and oxygen atoms in total. The number of pyridine rings is 1. The van der Waals surface area contributed by atoms with Crippen LogP contribution in [0.1, 0.15) is 31.2 Å². The predicted octanol–water partition coefficient (Wildman–Crippen LogP) is 4.57. The lowest BCUT2D eigenvalue weighted by molar-refractivity contribution is 0.156. The van der Waals surface area contributed by atoms with E-state index in [1.165, 1.54) is 5.56 Å². The van der Waals surface area contributed by atoms with E-state index in [1.54, 1.807) is 20.4 Å². The molecule has 1 aromatic heterocycles. The molecule has 2 aromatic carbocycles. The number of nitrogens with zero attached hydrogens (tertiary/aromatic N) is 2. The number of benzene rings is 2. The molecule has 2 N–H and O–H groups in total. The number of ether oxygens (including phenoxy) is 2. The fourth-order valence-electron chi connectivity index (χ4n) is 5.89. The van der Waals surface area contributed by atoms with Crippen LogP contribution in [-0.2, 0) is 5.41 Å². The van der Waals surface area contributed by atoms with E-state index in [2.05, 4.69) is 39.7 Å². The fraction of sp³-hybridized carbons (Fsp3) is 0.407. The number of urea groups is 1. The number of carbonyl (C=O) groups is 1. The molecule has 1 saturated carbocycles.